The predicted molar refractivity (Wildman–Crippen MR) is 463 cm³/mol. The number of rotatable bonds is 24. The molecule has 3 aliphatic carbocycles. The van der Waals surface area contributed by atoms with E-state index in [2.05, 4.69) is 59.1 Å². The first kappa shape index (κ1) is 80.1. The molecule has 3 aliphatic heterocycles. The fourth-order valence-corrected chi connectivity index (χ4v) is 16.6. The van der Waals surface area contributed by atoms with Crippen molar-refractivity contribution in [2.24, 2.45) is 0 Å². The lowest BCUT2D eigenvalue weighted by molar-refractivity contribution is -0.128. The normalized spacial score (nSPS) is 17.9. The molecule has 7 N–H and O–H groups in total. The number of hydrogen-bond donors (Lipinski definition) is 4. The van der Waals surface area contributed by atoms with Crippen molar-refractivity contribution < 1.29 is 28.6 Å². The highest BCUT2D eigenvalue weighted by atomic mass is 16.5. The molecule has 3 amide bonds. The molecule has 6 fully saturated rings. The average molecular weight is 1600 g/mol. The molecular formula is C92H103N21O6. The van der Waals surface area contributed by atoms with Crippen LogP contribution in [-0.2, 0) is 14.4 Å². The van der Waals surface area contributed by atoms with Gasteiger partial charge < -0.3 is 51.4 Å². The molecule has 0 bridgehead atoms. The standard InChI is InChI=1S/2C31H35N7O2.C30H33N7O2/c1-36(23-8-5-9-23)18-7-13-27(39)37-19-6-10-24(20-37)38-31-28(30(32)33-21-34-31)29(35-38)22-14-16-26(17-15-22)40-25-11-3-2-4-12-25;32-30-28-29(22-14-16-26(17-15-22)40-25-11-2-1-3-12-25)36-38(31(28)35-21-34-30)24-10-7-19-37(20-24)27(39)13-6-18-33-23-8-4-5-9-23;1-35(22-7-5-8-22)17-6-11-26(38)36-18-16-23(19-36)37-30-27(29(31)32-20-33-30)28(34-37)21-12-14-25(15-13-21)39-24-9-3-2-4-10-24/h2-4,7,11-17,21,23-24H,5-6,8-10,18-20H2,1H3,(H2,32,33,34);1-3,6,11-17,21,23-24,33H,4-5,7-10,18-20H2,(H2,32,34,35);2-4,6,9-15,20,22-23H,5,7-8,16-19H2,1H3,(H2,31,32,33)/b13-7+;13-6+;11-6+/t2*24-;23-/m111/s1. The summed E-state index contributed by atoms with van der Waals surface area (Å²) in [4.78, 5) is 75.7. The van der Waals surface area contributed by atoms with Gasteiger partial charge in [0.15, 0.2) is 16.9 Å². The molecule has 3 atom stereocenters. The summed E-state index contributed by atoms with van der Waals surface area (Å²) in [6.07, 6.45) is 32.6. The van der Waals surface area contributed by atoms with E-state index in [0.717, 1.165) is 149 Å². The molecule has 0 radical (unpaired) electrons. The summed E-state index contributed by atoms with van der Waals surface area (Å²) in [5, 5.41) is 20.7. The summed E-state index contributed by atoms with van der Waals surface area (Å²) in [5.41, 5.74) is 25.9. The Bertz CT molecular complexity index is 5530. The second-order valence-corrected chi connectivity index (χ2v) is 31.6. The summed E-state index contributed by atoms with van der Waals surface area (Å²) < 4.78 is 23.6. The molecule has 18 rings (SSSR count). The number of ether oxygens (including phenoxy) is 3. The van der Waals surface area contributed by atoms with Gasteiger partial charge in [-0.2, -0.15) is 15.3 Å². The number of likely N-dealkylation sites (N-methyl/N-ethyl adjacent to an activating group) is 2. The first-order valence-electron chi connectivity index (χ1n) is 41.7. The van der Waals surface area contributed by atoms with Gasteiger partial charge in [0.1, 0.15) is 88.0 Å². The van der Waals surface area contributed by atoms with E-state index in [0.29, 0.717) is 78.7 Å². The van der Waals surface area contributed by atoms with Gasteiger partial charge in [0.2, 0.25) is 17.7 Å². The fourth-order valence-electron chi connectivity index (χ4n) is 16.6. The quantitative estimate of drug-likeness (QED) is 0.0408. The first-order valence-corrected chi connectivity index (χ1v) is 41.7. The van der Waals surface area contributed by atoms with Gasteiger partial charge >= 0.3 is 0 Å². The van der Waals surface area contributed by atoms with Crippen LogP contribution in [0.4, 0.5) is 17.5 Å². The number of nitrogens with zero attached hydrogens (tertiary/aromatic N) is 17. The smallest absolute Gasteiger partial charge is 0.246 e. The number of hydrogen-bond acceptors (Lipinski definition) is 21. The molecule has 27 nitrogen and oxygen atoms in total. The van der Waals surface area contributed by atoms with E-state index >= 15 is 0 Å². The summed E-state index contributed by atoms with van der Waals surface area (Å²) in [6, 6.07) is 54.2. The molecule has 0 spiro atoms. The van der Waals surface area contributed by atoms with E-state index < -0.39 is 0 Å². The largest absolute Gasteiger partial charge is 0.457 e. The average Bonchev–Trinajstić information content (AvgIpc) is 1.62. The van der Waals surface area contributed by atoms with Crippen molar-refractivity contribution in [3.8, 4) is 68.3 Å². The highest BCUT2D eigenvalue weighted by Gasteiger charge is 2.34. The van der Waals surface area contributed by atoms with Crippen LogP contribution >= 0.6 is 0 Å². The molecule has 612 valence electrons. The highest BCUT2D eigenvalue weighted by molar-refractivity contribution is 6.00. The molecular weight excluding hydrogens is 1500 g/mol. The Kier molecular flexibility index (Phi) is 25.4. The lowest BCUT2D eigenvalue weighted by atomic mass is 9.92. The number of nitrogens with one attached hydrogen (secondary N) is 1. The molecule has 27 heteroatoms. The number of fused-ring (bicyclic) bond motifs is 3. The van der Waals surface area contributed by atoms with Crippen LogP contribution in [-0.4, -0.2) is 193 Å². The molecule has 9 heterocycles. The Labute approximate surface area is 692 Å². The maximum absolute atomic E-state index is 13.1. The molecule has 12 aromatic rings. The highest BCUT2D eigenvalue weighted by Crippen LogP contribution is 2.40. The number of amides is 3. The zero-order chi connectivity index (χ0) is 81.6. The van der Waals surface area contributed by atoms with Gasteiger partial charge in [-0.05, 0) is 194 Å². The second-order valence-electron chi connectivity index (χ2n) is 31.6. The van der Waals surface area contributed by atoms with Crippen LogP contribution < -0.4 is 36.7 Å². The maximum atomic E-state index is 13.1. The Balaban J connectivity index is 0.000000133. The van der Waals surface area contributed by atoms with Gasteiger partial charge in [-0.1, -0.05) is 98.5 Å². The third-order valence-corrected chi connectivity index (χ3v) is 23.6. The zero-order valence-electron chi connectivity index (χ0n) is 67.5. The monoisotopic (exact) mass is 1600 g/mol. The zero-order valence-corrected chi connectivity index (χ0v) is 67.5. The van der Waals surface area contributed by atoms with E-state index in [1.807, 2.05) is 211 Å². The number of carbonyl (C=O) groups is 3. The van der Waals surface area contributed by atoms with Crippen molar-refractivity contribution >= 4 is 68.3 Å². The van der Waals surface area contributed by atoms with Crippen LogP contribution in [0, 0.1) is 0 Å². The number of piperidine rings is 2. The molecule has 119 heavy (non-hydrogen) atoms. The van der Waals surface area contributed by atoms with Gasteiger partial charge in [-0.3, -0.25) is 24.2 Å². The lowest BCUT2D eigenvalue weighted by Crippen LogP contribution is -2.40. The number of likely N-dealkylation sites (tertiary alicyclic amines) is 3. The summed E-state index contributed by atoms with van der Waals surface area (Å²) in [7, 11) is 4.26. The minimum atomic E-state index is -0.00560. The lowest BCUT2D eigenvalue weighted by Gasteiger charge is -2.34. The third-order valence-electron chi connectivity index (χ3n) is 23.6. The fraction of sp³-hybridized carbons (Fsp3) is 0.348. The Morgan fingerprint density at radius 3 is 1.06 bits per heavy atom. The second kappa shape index (κ2) is 37.7. The summed E-state index contributed by atoms with van der Waals surface area (Å²) >= 11 is 0. The predicted octanol–water partition coefficient (Wildman–Crippen LogP) is 14.9. The van der Waals surface area contributed by atoms with E-state index in [4.69, 9.17) is 46.7 Å². The van der Waals surface area contributed by atoms with Crippen molar-refractivity contribution in [1.82, 2.24) is 89.1 Å². The molecule has 3 saturated carbocycles. The number of nitrogen functional groups attached to an aromatic ring is 3. The minimum Gasteiger partial charge on any atom is -0.457 e. The van der Waals surface area contributed by atoms with Crippen LogP contribution in [0.3, 0.4) is 0 Å². The molecule has 6 aliphatic rings. The molecule has 3 saturated heterocycles. The minimum absolute atomic E-state index is 0.00464. The summed E-state index contributed by atoms with van der Waals surface area (Å²) in [6.45, 7) is 6.20. The number of benzene rings is 6. The van der Waals surface area contributed by atoms with Gasteiger partial charge in [0.25, 0.3) is 0 Å². The van der Waals surface area contributed by atoms with Crippen molar-refractivity contribution in [1.29, 1.82) is 0 Å². The molecule has 6 aromatic heterocycles. The van der Waals surface area contributed by atoms with Crippen LogP contribution in [0.5, 0.6) is 34.5 Å². The van der Waals surface area contributed by atoms with Crippen molar-refractivity contribution in [2.45, 2.75) is 133 Å². The Morgan fingerprint density at radius 2 is 0.714 bits per heavy atom. The number of anilines is 3. The van der Waals surface area contributed by atoms with Gasteiger partial charge in [-0.15, -0.1) is 0 Å². The van der Waals surface area contributed by atoms with Crippen LogP contribution in [0.1, 0.15) is 114 Å². The Morgan fingerprint density at radius 1 is 0.387 bits per heavy atom. The van der Waals surface area contributed by atoms with Crippen LogP contribution in [0.25, 0.3) is 66.9 Å². The van der Waals surface area contributed by atoms with Gasteiger partial charge in [-0.25, -0.2) is 43.9 Å². The maximum Gasteiger partial charge on any atom is 0.246 e. The molecule has 6 aromatic carbocycles. The van der Waals surface area contributed by atoms with Crippen LogP contribution in [0.2, 0.25) is 0 Å². The third kappa shape index (κ3) is 19.1. The van der Waals surface area contributed by atoms with Crippen molar-refractivity contribution in [3.63, 3.8) is 0 Å². The SMILES string of the molecule is CN(C/C=C/C(=O)N1CCC[C@@H](n2nc(-c3ccc(Oc4ccccc4)cc3)c3c(N)ncnc32)C1)C1CCC1.CN(C/C=C/C(=O)N1CC[C@@H](n2nc(-c3ccc(Oc4ccccc4)cc3)c3c(N)ncnc32)C1)C1CCC1.Nc1ncnc2c1c(-c1ccc(Oc3ccccc3)cc1)nn2[C@@H]1CCCN(C(=O)/C=C/CNC2CCCC2)C1. The first-order chi connectivity index (χ1) is 58.3. The Hall–Kier alpha value is -12.7. The number of nitrogens with two attached hydrogens (primary N) is 3. The van der Waals surface area contributed by atoms with Crippen LogP contribution in [0.15, 0.2) is 219 Å². The van der Waals surface area contributed by atoms with Gasteiger partial charge in [0, 0.05) is 112 Å². The number of carbonyl (C=O) groups excluding carboxylic acids is 3. The molecule has 0 unspecified atom stereocenters. The number of aromatic nitrogens is 12. The van der Waals surface area contributed by atoms with Gasteiger partial charge in [0.05, 0.1) is 34.3 Å². The van der Waals surface area contributed by atoms with E-state index in [-0.39, 0.29) is 35.8 Å². The van der Waals surface area contributed by atoms with E-state index in [1.165, 1.54) is 83.2 Å². The van der Waals surface area contributed by atoms with E-state index in [9.17, 15) is 14.4 Å². The van der Waals surface area contributed by atoms with Crippen molar-refractivity contribution in [3.05, 3.63) is 219 Å². The summed E-state index contributed by atoms with van der Waals surface area (Å²) in [5.74, 6) is 5.81. The number of para-hydroxylation sites is 3. The topological polar surface area (TPSA) is 316 Å². The van der Waals surface area contributed by atoms with Crippen molar-refractivity contribution in [2.75, 3.05) is 90.2 Å². The van der Waals surface area contributed by atoms with E-state index in [1.54, 1.807) is 18.2 Å².